The number of hydrogen-bond donors (Lipinski definition) is 2. The molecule has 1 aliphatic carbocycles. The minimum atomic E-state index is -0.217. The highest BCUT2D eigenvalue weighted by atomic mass is 32.2. The zero-order valence-corrected chi connectivity index (χ0v) is 17.5. The molecule has 0 atom stereocenters. The second-order valence-electron chi connectivity index (χ2n) is 7.68. The van der Waals surface area contributed by atoms with Gasteiger partial charge < -0.3 is 15.5 Å². The van der Waals surface area contributed by atoms with E-state index >= 15 is 0 Å². The van der Waals surface area contributed by atoms with Crippen molar-refractivity contribution in [1.82, 2.24) is 5.32 Å². The fraction of sp³-hybridized carbons (Fsp3) is 0.348. The van der Waals surface area contributed by atoms with Gasteiger partial charge in [0, 0.05) is 23.0 Å². The molecule has 0 bridgehead atoms. The summed E-state index contributed by atoms with van der Waals surface area (Å²) in [5, 5.41) is 5.87. The molecule has 0 spiro atoms. The number of nitrogens with zero attached hydrogens (tertiary/aromatic N) is 1. The number of nitrogens with one attached hydrogen (secondary N) is 2. The predicted octanol–water partition coefficient (Wildman–Crippen LogP) is 3.57. The van der Waals surface area contributed by atoms with Crippen LogP contribution in [0.25, 0.3) is 0 Å². The molecule has 1 heterocycles. The van der Waals surface area contributed by atoms with E-state index in [2.05, 4.69) is 10.6 Å². The fourth-order valence-corrected chi connectivity index (χ4v) is 4.85. The molecule has 1 fully saturated rings. The smallest absolute Gasteiger partial charge is 0.240 e. The van der Waals surface area contributed by atoms with Gasteiger partial charge in [-0.15, -0.1) is 11.8 Å². The predicted molar refractivity (Wildman–Crippen MR) is 118 cm³/mol. The molecule has 4 rings (SSSR count). The van der Waals surface area contributed by atoms with E-state index in [4.69, 9.17) is 0 Å². The van der Waals surface area contributed by atoms with Crippen LogP contribution in [0.4, 0.5) is 11.4 Å². The first-order chi connectivity index (χ1) is 14.6. The van der Waals surface area contributed by atoms with Gasteiger partial charge in [0.25, 0.3) is 0 Å². The number of hydrogen-bond acceptors (Lipinski definition) is 4. The Morgan fingerprint density at radius 2 is 1.87 bits per heavy atom. The monoisotopic (exact) mass is 423 g/mol. The molecule has 156 valence electrons. The first kappa shape index (κ1) is 20.5. The third-order valence-corrected chi connectivity index (χ3v) is 6.57. The molecule has 1 aliphatic heterocycles. The number of benzene rings is 2. The van der Waals surface area contributed by atoms with Crippen LogP contribution in [0.5, 0.6) is 0 Å². The van der Waals surface area contributed by atoms with E-state index in [0.717, 1.165) is 47.5 Å². The van der Waals surface area contributed by atoms with Crippen molar-refractivity contribution in [2.45, 2.75) is 37.1 Å². The SMILES string of the molecule is O=C(CN1C(=O)CSc2ccccc21)NCc1cccc(NC(=O)C2CCCC2)c1. The Morgan fingerprint density at radius 1 is 1.07 bits per heavy atom. The Hall–Kier alpha value is -2.80. The molecule has 3 amide bonds. The molecule has 7 heteroatoms. The quantitative estimate of drug-likeness (QED) is 0.745. The molecular weight excluding hydrogens is 398 g/mol. The van der Waals surface area contributed by atoms with Crippen molar-refractivity contribution >= 4 is 40.9 Å². The van der Waals surface area contributed by atoms with Crippen molar-refractivity contribution in [3.8, 4) is 0 Å². The highest BCUT2D eigenvalue weighted by molar-refractivity contribution is 8.00. The van der Waals surface area contributed by atoms with Crippen molar-refractivity contribution in [3.63, 3.8) is 0 Å². The first-order valence-corrected chi connectivity index (χ1v) is 11.3. The summed E-state index contributed by atoms with van der Waals surface area (Å²) in [5.41, 5.74) is 2.43. The van der Waals surface area contributed by atoms with Crippen LogP contribution in [-0.4, -0.2) is 30.0 Å². The van der Waals surface area contributed by atoms with Gasteiger partial charge in [-0.2, -0.15) is 0 Å². The molecule has 0 radical (unpaired) electrons. The summed E-state index contributed by atoms with van der Waals surface area (Å²) in [5.74, 6) is 0.244. The van der Waals surface area contributed by atoms with Crippen molar-refractivity contribution in [3.05, 3.63) is 54.1 Å². The zero-order valence-electron chi connectivity index (χ0n) is 16.7. The van der Waals surface area contributed by atoms with Gasteiger partial charge in [-0.3, -0.25) is 14.4 Å². The number of carbonyl (C=O) groups is 3. The van der Waals surface area contributed by atoms with Gasteiger partial charge in [-0.25, -0.2) is 0 Å². The third-order valence-electron chi connectivity index (χ3n) is 5.52. The number of carbonyl (C=O) groups excluding carboxylic acids is 3. The van der Waals surface area contributed by atoms with Crippen LogP contribution < -0.4 is 15.5 Å². The van der Waals surface area contributed by atoms with Gasteiger partial charge in [0.05, 0.1) is 11.4 Å². The van der Waals surface area contributed by atoms with Gasteiger partial charge in [0.1, 0.15) is 6.54 Å². The topological polar surface area (TPSA) is 78.5 Å². The summed E-state index contributed by atoms with van der Waals surface area (Å²) in [6, 6.07) is 15.1. The summed E-state index contributed by atoms with van der Waals surface area (Å²) in [4.78, 5) is 39.7. The Labute approximate surface area is 180 Å². The second kappa shape index (κ2) is 9.34. The van der Waals surface area contributed by atoms with Crippen LogP contribution in [0.15, 0.2) is 53.4 Å². The highest BCUT2D eigenvalue weighted by Crippen LogP contribution is 2.34. The van der Waals surface area contributed by atoms with Gasteiger partial charge >= 0.3 is 0 Å². The van der Waals surface area contributed by atoms with E-state index in [-0.39, 0.29) is 30.2 Å². The summed E-state index contributed by atoms with van der Waals surface area (Å²) in [6.07, 6.45) is 4.15. The lowest BCUT2D eigenvalue weighted by atomic mass is 10.1. The maximum absolute atomic E-state index is 12.5. The molecule has 1 saturated carbocycles. The van der Waals surface area contributed by atoms with Crippen LogP contribution in [0.3, 0.4) is 0 Å². The Kier molecular flexibility index (Phi) is 6.38. The molecule has 2 aromatic rings. The van der Waals surface area contributed by atoms with E-state index < -0.39 is 0 Å². The number of amides is 3. The molecule has 0 unspecified atom stereocenters. The summed E-state index contributed by atoms with van der Waals surface area (Å²) < 4.78 is 0. The number of para-hydroxylation sites is 1. The lowest BCUT2D eigenvalue weighted by Crippen LogP contribution is -2.43. The number of anilines is 2. The van der Waals surface area contributed by atoms with Gasteiger partial charge in [-0.05, 0) is 42.7 Å². The second-order valence-corrected chi connectivity index (χ2v) is 8.70. The number of fused-ring (bicyclic) bond motifs is 1. The van der Waals surface area contributed by atoms with Crippen LogP contribution in [0.1, 0.15) is 31.2 Å². The molecule has 2 aromatic carbocycles. The maximum Gasteiger partial charge on any atom is 0.240 e. The van der Waals surface area contributed by atoms with E-state index in [9.17, 15) is 14.4 Å². The minimum Gasteiger partial charge on any atom is -0.350 e. The van der Waals surface area contributed by atoms with Gasteiger partial charge in [-0.1, -0.05) is 37.1 Å². The van der Waals surface area contributed by atoms with Crippen molar-refractivity contribution < 1.29 is 14.4 Å². The van der Waals surface area contributed by atoms with Crippen LogP contribution in [0, 0.1) is 5.92 Å². The minimum absolute atomic E-state index is 0.00544. The van der Waals surface area contributed by atoms with Gasteiger partial charge in [0.15, 0.2) is 0 Å². The lowest BCUT2D eigenvalue weighted by molar-refractivity contribution is -0.123. The van der Waals surface area contributed by atoms with Crippen molar-refractivity contribution in [2.75, 3.05) is 22.5 Å². The number of thioether (sulfide) groups is 1. The Morgan fingerprint density at radius 3 is 2.70 bits per heavy atom. The average Bonchev–Trinajstić information content (AvgIpc) is 3.30. The molecule has 2 N–H and O–H groups in total. The van der Waals surface area contributed by atoms with E-state index in [1.165, 1.54) is 11.8 Å². The summed E-state index contributed by atoms with van der Waals surface area (Å²) in [7, 11) is 0. The van der Waals surface area contributed by atoms with E-state index in [1.807, 2.05) is 48.5 Å². The van der Waals surface area contributed by atoms with Crippen LogP contribution >= 0.6 is 11.8 Å². The third kappa shape index (κ3) is 4.84. The Bertz CT molecular complexity index is 956. The summed E-state index contributed by atoms with van der Waals surface area (Å²) in [6.45, 7) is 0.332. The Balaban J connectivity index is 1.33. The zero-order chi connectivity index (χ0) is 20.9. The van der Waals surface area contributed by atoms with E-state index in [0.29, 0.717) is 12.3 Å². The first-order valence-electron chi connectivity index (χ1n) is 10.3. The molecule has 0 saturated heterocycles. The highest BCUT2D eigenvalue weighted by Gasteiger charge is 2.26. The lowest BCUT2D eigenvalue weighted by Gasteiger charge is -2.28. The maximum atomic E-state index is 12.5. The van der Waals surface area contributed by atoms with Crippen molar-refractivity contribution in [1.29, 1.82) is 0 Å². The normalized spacial score (nSPS) is 16.3. The average molecular weight is 424 g/mol. The largest absolute Gasteiger partial charge is 0.350 e. The van der Waals surface area contributed by atoms with Crippen LogP contribution in [0.2, 0.25) is 0 Å². The van der Waals surface area contributed by atoms with Crippen molar-refractivity contribution in [2.24, 2.45) is 5.92 Å². The molecular formula is C23H25N3O3S. The molecule has 30 heavy (non-hydrogen) atoms. The van der Waals surface area contributed by atoms with E-state index in [1.54, 1.807) is 4.90 Å². The van der Waals surface area contributed by atoms with Gasteiger partial charge in [0.2, 0.25) is 17.7 Å². The molecule has 2 aliphatic rings. The van der Waals surface area contributed by atoms with Crippen LogP contribution in [-0.2, 0) is 20.9 Å². The number of rotatable bonds is 6. The molecule has 0 aromatic heterocycles. The summed E-state index contributed by atoms with van der Waals surface area (Å²) >= 11 is 1.50. The molecule has 6 nitrogen and oxygen atoms in total. The standard InChI is InChI=1S/C23H25N3O3S/c27-21(14-26-19-10-3-4-11-20(19)30-15-22(26)28)24-13-16-6-5-9-18(12-16)25-23(29)17-7-1-2-8-17/h3-6,9-12,17H,1-2,7-8,13-15H2,(H,24,27)(H,25,29). The fourth-order valence-electron chi connectivity index (χ4n) is 3.92.